The number of primary amides is 1. The van der Waals surface area contributed by atoms with Crippen LogP contribution in [0.4, 0.5) is 0 Å². The number of aliphatic carboxylic acids is 3. The molecule has 2 heterocycles. The van der Waals surface area contributed by atoms with Crippen LogP contribution in [0, 0.1) is 17.8 Å². The summed E-state index contributed by atoms with van der Waals surface area (Å²) >= 11 is 0. The molecule has 33 nitrogen and oxygen atoms in total. The number of nitrogens with two attached hydrogens (primary N) is 4. The Morgan fingerprint density at radius 2 is 0.901 bits per heavy atom. The predicted octanol–water partition coefficient (Wildman–Crippen LogP) is -4.00. The van der Waals surface area contributed by atoms with Gasteiger partial charge in [-0.1, -0.05) is 48.0 Å². The molecule has 12 amide bonds. The minimum Gasteiger partial charge on any atom is -0.481 e. The molecule has 2 aliphatic heterocycles. The van der Waals surface area contributed by atoms with Crippen molar-refractivity contribution < 1.29 is 87.2 Å². The summed E-state index contributed by atoms with van der Waals surface area (Å²) in [5.41, 5.74) is 22.4. The largest absolute Gasteiger partial charge is 0.481 e. The van der Waals surface area contributed by atoms with Crippen LogP contribution < -0.4 is 70.8 Å². The minimum atomic E-state index is -1.91. The minimum absolute atomic E-state index is 0.0188. The average molecular weight is 1290 g/mol. The highest BCUT2D eigenvalue weighted by Gasteiger charge is 2.44. The number of carbonyl (C=O) groups is 15. The first-order valence-electron chi connectivity index (χ1n) is 31.1. The SMILES string of the molecule is CC(C)C[C@H](NC(=O)[C@@H]1CCCN1C(=O)[C@@H](NC(=O)[C@@H]1CCCN1C(=O)[C@H](CCC(=O)O)NC(=O)[C@H](C)NC(=O)[C@H](C)NC(=O)[C@@H](N)CCCCN)C(C)C)C(=O)N[C@H](C(=O)N[C@@H](CCCCN)C(=O)N[C@@H](CCC(N)=O)C(=O)N[C@@H](CC(=O)O)C(=O)O)C(C)C. The molecule has 0 aromatic rings. The third-order valence-corrected chi connectivity index (χ3v) is 15.5. The summed E-state index contributed by atoms with van der Waals surface area (Å²) in [4.78, 5) is 201. The smallest absolute Gasteiger partial charge is 0.326 e. The molecule has 2 saturated heterocycles. The van der Waals surface area contributed by atoms with E-state index in [0.29, 0.717) is 45.1 Å². The van der Waals surface area contributed by atoms with Crippen molar-refractivity contribution in [3.63, 3.8) is 0 Å². The molecule has 514 valence electrons. The van der Waals surface area contributed by atoms with Crippen molar-refractivity contribution in [2.45, 2.75) is 231 Å². The van der Waals surface area contributed by atoms with E-state index in [1.54, 1.807) is 41.5 Å². The Hall–Kier alpha value is -8.07. The molecular weight excluding hydrogens is 1190 g/mol. The lowest BCUT2D eigenvalue weighted by atomic mass is 9.98. The van der Waals surface area contributed by atoms with Gasteiger partial charge in [-0.2, -0.15) is 0 Å². The maximum atomic E-state index is 14.6. The lowest BCUT2D eigenvalue weighted by molar-refractivity contribution is -0.147. The fourth-order valence-corrected chi connectivity index (χ4v) is 10.3. The van der Waals surface area contributed by atoms with Crippen LogP contribution in [-0.4, -0.2) is 213 Å². The van der Waals surface area contributed by atoms with E-state index in [2.05, 4.69) is 42.5 Å². The topological polar surface area (TPSA) is 536 Å². The third kappa shape index (κ3) is 26.7. The number of rotatable bonds is 41. The van der Waals surface area contributed by atoms with Crippen molar-refractivity contribution in [2.75, 3.05) is 26.2 Å². The van der Waals surface area contributed by atoms with Crippen LogP contribution in [0.1, 0.15) is 158 Å². The van der Waals surface area contributed by atoms with Crippen molar-refractivity contribution in [2.24, 2.45) is 40.7 Å². The monoisotopic (exact) mass is 1290 g/mol. The molecule has 91 heavy (non-hydrogen) atoms. The second kappa shape index (κ2) is 39.2. The number of carboxylic acid groups (broad SMARTS) is 3. The third-order valence-electron chi connectivity index (χ3n) is 15.5. The van der Waals surface area contributed by atoms with Crippen LogP contribution in [0.2, 0.25) is 0 Å². The van der Waals surface area contributed by atoms with E-state index in [9.17, 15) is 87.2 Å². The Kier molecular flexibility index (Phi) is 34.1. The van der Waals surface area contributed by atoms with Gasteiger partial charge in [-0.15, -0.1) is 0 Å². The fraction of sp³-hybridized carbons (Fsp3) is 0.741. The van der Waals surface area contributed by atoms with Gasteiger partial charge in [-0.05, 0) is 122 Å². The molecule has 20 N–H and O–H groups in total. The Bertz CT molecular complexity index is 2570. The van der Waals surface area contributed by atoms with Gasteiger partial charge in [0.05, 0.1) is 12.5 Å². The number of likely N-dealkylation sites (tertiary alicyclic amines) is 2. The Morgan fingerprint density at radius 1 is 0.451 bits per heavy atom. The molecule has 0 bridgehead atoms. The van der Waals surface area contributed by atoms with E-state index in [-0.39, 0.29) is 57.7 Å². The molecule has 2 fully saturated rings. The summed E-state index contributed by atoms with van der Waals surface area (Å²) in [7, 11) is 0. The van der Waals surface area contributed by atoms with Crippen LogP contribution in [0.25, 0.3) is 0 Å². The van der Waals surface area contributed by atoms with Gasteiger partial charge in [0.25, 0.3) is 0 Å². The first kappa shape index (κ1) is 79.0. The number of carboxylic acids is 3. The first-order chi connectivity index (χ1) is 42.6. The van der Waals surface area contributed by atoms with Gasteiger partial charge >= 0.3 is 17.9 Å². The van der Waals surface area contributed by atoms with Crippen LogP contribution in [0.15, 0.2) is 0 Å². The molecular formula is C58H99N15O18. The van der Waals surface area contributed by atoms with Crippen molar-refractivity contribution in [1.82, 2.24) is 57.7 Å². The second-order valence-electron chi connectivity index (χ2n) is 24.3. The molecule has 2 rings (SSSR count). The summed E-state index contributed by atoms with van der Waals surface area (Å²) < 4.78 is 0. The Balaban J connectivity index is 2.31. The maximum Gasteiger partial charge on any atom is 0.326 e. The van der Waals surface area contributed by atoms with Gasteiger partial charge in [0.2, 0.25) is 70.9 Å². The van der Waals surface area contributed by atoms with E-state index in [1.165, 1.54) is 23.6 Å². The number of carbonyl (C=O) groups excluding carboxylic acids is 12. The van der Waals surface area contributed by atoms with Crippen LogP contribution in [0.5, 0.6) is 0 Å². The van der Waals surface area contributed by atoms with Gasteiger partial charge in [0, 0.05) is 25.9 Å². The van der Waals surface area contributed by atoms with Crippen molar-refractivity contribution in [1.29, 1.82) is 0 Å². The molecule has 0 aromatic carbocycles. The first-order valence-corrected chi connectivity index (χ1v) is 31.1. The van der Waals surface area contributed by atoms with E-state index < -0.39 is 205 Å². The highest BCUT2D eigenvalue weighted by Crippen LogP contribution is 2.24. The van der Waals surface area contributed by atoms with Crippen LogP contribution >= 0.6 is 0 Å². The van der Waals surface area contributed by atoms with Gasteiger partial charge in [-0.25, -0.2) is 4.79 Å². The van der Waals surface area contributed by atoms with Crippen molar-refractivity contribution >= 4 is 88.8 Å². The fourth-order valence-electron chi connectivity index (χ4n) is 10.3. The molecule has 0 spiro atoms. The zero-order chi connectivity index (χ0) is 69.0. The second-order valence-corrected chi connectivity index (χ2v) is 24.3. The van der Waals surface area contributed by atoms with Gasteiger partial charge in [0.1, 0.15) is 66.5 Å². The van der Waals surface area contributed by atoms with Crippen molar-refractivity contribution in [3.05, 3.63) is 0 Å². The molecule has 33 heteroatoms. The molecule has 0 unspecified atom stereocenters. The molecule has 0 aromatic heterocycles. The summed E-state index contributed by atoms with van der Waals surface area (Å²) in [5, 5.41) is 50.9. The zero-order valence-corrected chi connectivity index (χ0v) is 53.5. The van der Waals surface area contributed by atoms with Gasteiger partial charge in [0.15, 0.2) is 0 Å². The summed E-state index contributed by atoms with van der Waals surface area (Å²) in [6, 6.07) is -16.0. The molecule has 0 aliphatic carbocycles. The number of nitrogens with one attached hydrogen (secondary N) is 9. The maximum absolute atomic E-state index is 14.6. The highest BCUT2D eigenvalue weighted by molar-refractivity contribution is 6.00. The van der Waals surface area contributed by atoms with E-state index in [0.717, 1.165) is 0 Å². The summed E-state index contributed by atoms with van der Waals surface area (Å²) in [6.45, 7) is 13.5. The number of unbranched alkanes of at least 4 members (excludes halogenated alkanes) is 2. The number of hydrogen-bond acceptors (Lipinski definition) is 18. The summed E-state index contributed by atoms with van der Waals surface area (Å²) in [6.07, 6.45) is 0.258. The predicted molar refractivity (Wildman–Crippen MR) is 326 cm³/mol. The van der Waals surface area contributed by atoms with Gasteiger partial charge in [-0.3, -0.25) is 67.1 Å². The molecule has 2 aliphatic rings. The number of hydrogen-bond donors (Lipinski definition) is 16. The number of amides is 12. The standard InChI is InChI=1S/C58H99N15O18/c1-29(2)27-38(52(84)70-45(30(3)4)55(87)66-35(16-10-12-24-60)50(82)65-36(19-21-42(62)74)51(83)69-39(58(90)91)28-44(77)78)68-53(85)40-17-14-26-73(40)57(89)46(31(5)6)71-54(86)41-18-13-25-72(41)56(88)37(20-22-43(75)76)67-48(80)33(8)63-47(79)32(7)64-49(81)34(61)15-9-11-23-59/h29-41,45-46H,9-28,59-61H2,1-8H3,(H2,62,74)(H,63,79)(H,64,81)(H,65,82)(H,66,87)(H,67,80)(H,68,85)(H,69,83)(H,70,84)(H,71,86)(H,75,76)(H,77,78)(H,90,91)/t32-,33-,34-,35-,36-,37-,38-,39-,40-,41-,45-,46-/m0/s1. The highest BCUT2D eigenvalue weighted by atomic mass is 16.4. The van der Waals surface area contributed by atoms with E-state index >= 15 is 0 Å². The normalized spacial score (nSPS) is 18.0. The van der Waals surface area contributed by atoms with Crippen molar-refractivity contribution in [3.8, 4) is 0 Å². The zero-order valence-electron chi connectivity index (χ0n) is 53.5. The quantitative estimate of drug-likeness (QED) is 0.0260. The number of nitrogens with zero attached hydrogens (tertiary/aromatic N) is 2. The molecule has 0 radical (unpaired) electrons. The van der Waals surface area contributed by atoms with Crippen LogP contribution in [-0.2, 0) is 71.9 Å². The van der Waals surface area contributed by atoms with Crippen LogP contribution in [0.3, 0.4) is 0 Å². The Morgan fingerprint density at radius 3 is 1.40 bits per heavy atom. The van der Waals surface area contributed by atoms with Gasteiger partial charge < -0.3 is 95.9 Å². The van der Waals surface area contributed by atoms with E-state index in [1.807, 2.05) is 5.32 Å². The van der Waals surface area contributed by atoms with E-state index in [4.69, 9.17) is 22.9 Å². The lowest BCUT2D eigenvalue weighted by Gasteiger charge is -2.33. The summed E-state index contributed by atoms with van der Waals surface area (Å²) in [5.74, 6) is -15.8. The molecule has 12 atom stereocenters. The Labute approximate surface area is 529 Å². The molecule has 0 saturated carbocycles. The average Bonchev–Trinajstić information content (AvgIpc) is 1.81. The lowest BCUT2D eigenvalue weighted by Crippen LogP contribution is -2.61.